The van der Waals surface area contributed by atoms with Gasteiger partial charge in [-0.1, -0.05) is 31.2 Å². The van der Waals surface area contributed by atoms with E-state index in [1.54, 1.807) is 6.08 Å². The predicted octanol–water partition coefficient (Wildman–Crippen LogP) is 2.24. The molecule has 0 aromatic heterocycles. The number of carbonyl (C=O) groups is 2. The Morgan fingerprint density at radius 1 is 1.26 bits per heavy atom. The topological polar surface area (TPSA) is 66.4 Å². The average molecular weight is 261 g/mol. The van der Waals surface area contributed by atoms with E-state index >= 15 is 0 Å². The summed E-state index contributed by atoms with van der Waals surface area (Å²) in [6.45, 7) is 4.96. The van der Waals surface area contributed by atoms with Crippen molar-refractivity contribution in [2.75, 3.05) is 0 Å². The highest BCUT2D eigenvalue weighted by Gasteiger charge is 2.27. The second kappa shape index (κ2) is 6.18. The molecule has 2 N–H and O–H groups in total. The third-order valence-corrected chi connectivity index (χ3v) is 2.79. The molecule has 4 nitrogen and oxygen atoms in total. The summed E-state index contributed by atoms with van der Waals surface area (Å²) in [7, 11) is 0. The molecule has 0 aliphatic heterocycles. The summed E-state index contributed by atoms with van der Waals surface area (Å²) in [5.74, 6) is -1.49. The fourth-order valence-corrected chi connectivity index (χ4v) is 1.44. The number of carbonyl (C=O) groups excluding carboxylic acids is 1. The van der Waals surface area contributed by atoms with Gasteiger partial charge < -0.3 is 10.4 Å². The molecule has 102 valence electrons. The lowest BCUT2D eigenvalue weighted by atomic mass is 10.1. The molecule has 0 fully saturated rings. The Morgan fingerprint density at radius 2 is 1.84 bits per heavy atom. The van der Waals surface area contributed by atoms with Crippen LogP contribution < -0.4 is 5.32 Å². The highest BCUT2D eigenvalue weighted by molar-refractivity contribution is 5.95. The number of benzene rings is 1. The van der Waals surface area contributed by atoms with Gasteiger partial charge in [-0.2, -0.15) is 0 Å². The standard InChI is InChI=1S/C15H19NO3/c1-4-11-5-7-12(8-6-11)9-10-13(17)16-15(2,3)14(18)19/h5-10H,4H2,1-3H3,(H,16,17)(H,18,19). The molecular formula is C15H19NO3. The molecule has 1 rings (SSSR count). The predicted molar refractivity (Wildman–Crippen MR) is 74.7 cm³/mol. The number of carboxylic acid groups (broad SMARTS) is 1. The summed E-state index contributed by atoms with van der Waals surface area (Å²) in [6.07, 6.45) is 3.97. The number of rotatable bonds is 5. The molecule has 0 aliphatic rings. The maximum absolute atomic E-state index is 11.6. The third-order valence-electron chi connectivity index (χ3n) is 2.79. The molecule has 0 atom stereocenters. The molecular weight excluding hydrogens is 242 g/mol. The Labute approximate surface area is 113 Å². The van der Waals surface area contributed by atoms with E-state index in [0.717, 1.165) is 12.0 Å². The Kier molecular flexibility index (Phi) is 4.87. The minimum atomic E-state index is -1.27. The minimum absolute atomic E-state index is 0.424. The zero-order valence-corrected chi connectivity index (χ0v) is 11.4. The molecule has 0 radical (unpaired) electrons. The SMILES string of the molecule is CCc1ccc(C=CC(=O)NC(C)(C)C(=O)O)cc1. The van der Waals surface area contributed by atoms with E-state index in [-0.39, 0.29) is 0 Å². The van der Waals surface area contributed by atoms with Gasteiger partial charge >= 0.3 is 5.97 Å². The van der Waals surface area contributed by atoms with Gasteiger partial charge in [0.2, 0.25) is 5.91 Å². The van der Waals surface area contributed by atoms with Gasteiger partial charge in [-0.25, -0.2) is 4.79 Å². The minimum Gasteiger partial charge on any atom is -0.480 e. The molecule has 1 amide bonds. The third kappa shape index (κ3) is 4.58. The Hall–Kier alpha value is -2.10. The van der Waals surface area contributed by atoms with Crippen molar-refractivity contribution in [3.63, 3.8) is 0 Å². The molecule has 1 aromatic carbocycles. The van der Waals surface area contributed by atoms with E-state index in [2.05, 4.69) is 12.2 Å². The number of amides is 1. The van der Waals surface area contributed by atoms with E-state index < -0.39 is 17.4 Å². The van der Waals surface area contributed by atoms with E-state index in [1.807, 2.05) is 24.3 Å². The fourth-order valence-electron chi connectivity index (χ4n) is 1.44. The summed E-state index contributed by atoms with van der Waals surface area (Å²) >= 11 is 0. The van der Waals surface area contributed by atoms with Crippen LogP contribution in [0.1, 0.15) is 31.9 Å². The molecule has 1 aromatic rings. The number of aryl methyl sites for hydroxylation is 1. The molecule has 0 unspecified atom stereocenters. The fraction of sp³-hybridized carbons (Fsp3) is 0.333. The number of hydrogen-bond acceptors (Lipinski definition) is 2. The normalized spacial score (nSPS) is 11.5. The monoisotopic (exact) mass is 261 g/mol. The van der Waals surface area contributed by atoms with Crippen LogP contribution in [0.25, 0.3) is 6.08 Å². The summed E-state index contributed by atoms with van der Waals surface area (Å²) in [4.78, 5) is 22.5. The second-order valence-corrected chi connectivity index (χ2v) is 4.85. The molecule has 0 aliphatic carbocycles. The lowest BCUT2D eigenvalue weighted by molar-refractivity contribution is -0.145. The van der Waals surface area contributed by atoms with Gasteiger partial charge in [-0.3, -0.25) is 4.79 Å². The van der Waals surface area contributed by atoms with Crippen LogP contribution in [0.2, 0.25) is 0 Å². The van der Waals surface area contributed by atoms with Crippen LogP contribution in [0.5, 0.6) is 0 Å². The van der Waals surface area contributed by atoms with Gasteiger partial charge in [-0.05, 0) is 37.5 Å². The largest absolute Gasteiger partial charge is 0.480 e. The lowest BCUT2D eigenvalue weighted by Gasteiger charge is -2.19. The van der Waals surface area contributed by atoms with Crippen LogP contribution in [-0.4, -0.2) is 22.5 Å². The highest BCUT2D eigenvalue weighted by atomic mass is 16.4. The van der Waals surface area contributed by atoms with Crippen molar-refractivity contribution in [1.82, 2.24) is 5.32 Å². The number of aliphatic carboxylic acids is 1. The molecule has 0 saturated carbocycles. The van der Waals surface area contributed by atoms with Crippen LogP contribution >= 0.6 is 0 Å². The molecule has 0 heterocycles. The van der Waals surface area contributed by atoms with Gasteiger partial charge in [0.05, 0.1) is 0 Å². The van der Waals surface area contributed by atoms with Crippen molar-refractivity contribution in [3.8, 4) is 0 Å². The summed E-state index contributed by atoms with van der Waals surface area (Å²) in [5.41, 5.74) is 0.863. The summed E-state index contributed by atoms with van der Waals surface area (Å²) in [6, 6.07) is 7.84. The van der Waals surface area contributed by atoms with Crippen molar-refractivity contribution < 1.29 is 14.7 Å². The number of carboxylic acids is 1. The van der Waals surface area contributed by atoms with Gasteiger partial charge in [0.25, 0.3) is 0 Å². The highest BCUT2D eigenvalue weighted by Crippen LogP contribution is 2.07. The van der Waals surface area contributed by atoms with Gasteiger partial charge in [0.1, 0.15) is 5.54 Å². The van der Waals surface area contributed by atoms with E-state index in [0.29, 0.717) is 0 Å². The van der Waals surface area contributed by atoms with E-state index in [9.17, 15) is 9.59 Å². The van der Waals surface area contributed by atoms with Crippen molar-refractivity contribution in [2.24, 2.45) is 0 Å². The Bertz CT molecular complexity index is 487. The first-order valence-electron chi connectivity index (χ1n) is 6.17. The first-order valence-corrected chi connectivity index (χ1v) is 6.17. The van der Waals surface area contributed by atoms with Gasteiger partial charge in [0.15, 0.2) is 0 Å². The van der Waals surface area contributed by atoms with Crippen LogP contribution in [0.15, 0.2) is 30.3 Å². The van der Waals surface area contributed by atoms with Crippen LogP contribution in [0.4, 0.5) is 0 Å². The quantitative estimate of drug-likeness (QED) is 0.799. The number of nitrogens with one attached hydrogen (secondary N) is 1. The maximum atomic E-state index is 11.6. The number of hydrogen-bond donors (Lipinski definition) is 2. The van der Waals surface area contributed by atoms with Crippen molar-refractivity contribution in [1.29, 1.82) is 0 Å². The Morgan fingerprint density at radius 3 is 2.32 bits per heavy atom. The molecule has 0 saturated heterocycles. The van der Waals surface area contributed by atoms with Gasteiger partial charge in [0, 0.05) is 6.08 Å². The van der Waals surface area contributed by atoms with Crippen LogP contribution in [0, 0.1) is 0 Å². The molecule has 19 heavy (non-hydrogen) atoms. The Balaban J connectivity index is 2.65. The van der Waals surface area contributed by atoms with Crippen molar-refractivity contribution in [3.05, 3.63) is 41.5 Å². The average Bonchev–Trinajstić information content (AvgIpc) is 2.36. The first-order chi connectivity index (χ1) is 8.85. The van der Waals surface area contributed by atoms with Crippen molar-refractivity contribution >= 4 is 18.0 Å². The lowest BCUT2D eigenvalue weighted by Crippen LogP contribution is -2.49. The summed E-state index contributed by atoms with van der Waals surface area (Å²) < 4.78 is 0. The molecule has 4 heteroatoms. The van der Waals surface area contributed by atoms with E-state index in [1.165, 1.54) is 25.5 Å². The van der Waals surface area contributed by atoms with Crippen LogP contribution in [0.3, 0.4) is 0 Å². The second-order valence-electron chi connectivity index (χ2n) is 4.85. The molecule has 0 spiro atoms. The maximum Gasteiger partial charge on any atom is 0.328 e. The van der Waals surface area contributed by atoms with Gasteiger partial charge in [-0.15, -0.1) is 0 Å². The smallest absolute Gasteiger partial charge is 0.328 e. The summed E-state index contributed by atoms with van der Waals surface area (Å²) in [5, 5.41) is 11.3. The zero-order chi connectivity index (χ0) is 14.5. The molecule has 0 bridgehead atoms. The zero-order valence-electron chi connectivity index (χ0n) is 11.4. The van der Waals surface area contributed by atoms with Crippen molar-refractivity contribution in [2.45, 2.75) is 32.7 Å². The van der Waals surface area contributed by atoms with E-state index in [4.69, 9.17) is 5.11 Å². The van der Waals surface area contributed by atoms with Crippen LogP contribution in [-0.2, 0) is 16.0 Å². The first kappa shape index (κ1) is 15.0.